The summed E-state index contributed by atoms with van der Waals surface area (Å²) < 4.78 is 5.38. The van der Waals surface area contributed by atoms with E-state index in [1.54, 1.807) is 24.3 Å². The van der Waals surface area contributed by atoms with Crippen LogP contribution in [0.25, 0.3) is 0 Å². The smallest absolute Gasteiger partial charge is 0.326 e. The highest BCUT2D eigenvalue weighted by Crippen LogP contribution is 2.15. The van der Waals surface area contributed by atoms with Crippen molar-refractivity contribution in [3.63, 3.8) is 0 Å². The first kappa shape index (κ1) is 11.0. The molecule has 0 aliphatic rings. The number of anilines is 1. The maximum absolute atomic E-state index is 11.0. The molecule has 1 heterocycles. The molecule has 6 nitrogen and oxygen atoms in total. The summed E-state index contributed by atoms with van der Waals surface area (Å²) in [4.78, 5) is 26.6. The molecule has 6 heteroatoms. The molecule has 2 rings (SSSR count). The molecule has 0 fully saturated rings. The molecule has 0 saturated heterocycles. The van der Waals surface area contributed by atoms with Crippen molar-refractivity contribution in [3.05, 3.63) is 56.9 Å². The van der Waals surface area contributed by atoms with Crippen LogP contribution in [-0.2, 0) is 6.61 Å². The number of nitrogens with one attached hydrogen (secondary N) is 2. The van der Waals surface area contributed by atoms with E-state index in [0.717, 1.165) is 0 Å². The first-order valence-corrected chi connectivity index (χ1v) is 4.94. The van der Waals surface area contributed by atoms with Crippen LogP contribution in [0.3, 0.4) is 0 Å². The Morgan fingerprint density at radius 3 is 2.71 bits per heavy atom. The number of hydrogen-bond acceptors (Lipinski definition) is 4. The molecular weight excluding hydrogens is 222 g/mol. The Kier molecular flexibility index (Phi) is 2.95. The first-order valence-electron chi connectivity index (χ1n) is 4.94. The van der Waals surface area contributed by atoms with Crippen LogP contribution in [0.15, 0.2) is 39.9 Å². The molecule has 0 bridgehead atoms. The fraction of sp³-hybridized carbons (Fsp3) is 0.0909. The fourth-order valence-corrected chi connectivity index (χ4v) is 1.36. The maximum Gasteiger partial charge on any atom is 0.326 e. The summed E-state index contributed by atoms with van der Waals surface area (Å²) in [5.41, 5.74) is 5.56. The molecule has 0 radical (unpaired) electrons. The lowest BCUT2D eigenvalue weighted by Gasteiger charge is -2.05. The van der Waals surface area contributed by atoms with Crippen molar-refractivity contribution in [1.29, 1.82) is 0 Å². The van der Waals surface area contributed by atoms with Crippen molar-refractivity contribution >= 4 is 5.69 Å². The van der Waals surface area contributed by atoms with Gasteiger partial charge in [0.05, 0.1) is 5.69 Å². The molecule has 88 valence electrons. The lowest BCUT2D eigenvalue weighted by molar-refractivity contribution is 0.300. The molecule has 0 atom stereocenters. The third-order valence-electron chi connectivity index (χ3n) is 2.07. The Labute approximate surface area is 96.1 Å². The van der Waals surface area contributed by atoms with E-state index < -0.39 is 11.2 Å². The third-order valence-corrected chi connectivity index (χ3v) is 2.07. The van der Waals surface area contributed by atoms with Crippen molar-refractivity contribution < 1.29 is 4.74 Å². The van der Waals surface area contributed by atoms with Gasteiger partial charge in [0.15, 0.2) is 0 Å². The van der Waals surface area contributed by atoms with Gasteiger partial charge in [-0.05, 0) is 12.1 Å². The average molecular weight is 233 g/mol. The summed E-state index contributed by atoms with van der Waals surface area (Å²) in [5.74, 6) is 0.575. The highest BCUT2D eigenvalue weighted by atomic mass is 16.5. The van der Waals surface area contributed by atoms with Crippen LogP contribution in [0.1, 0.15) is 5.69 Å². The average Bonchev–Trinajstić information content (AvgIpc) is 2.25. The molecule has 0 amide bonds. The second-order valence-electron chi connectivity index (χ2n) is 3.47. The molecule has 0 aliphatic carbocycles. The molecule has 1 aromatic heterocycles. The summed E-state index contributed by atoms with van der Waals surface area (Å²) in [5, 5.41) is 0. The van der Waals surface area contributed by atoms with Crippen LogP contribution in [0, 0.1) is 0 Å². The number of H-pyrrole nitrogens is 2. The molecule has 0 spiro atoms. The second-order valence-corrected chi connectivity index (χ2v) is 3.47. The Balaban J connectivity index is 2.12. The first-order chi connectivity index (χ1) is 8.13. The molecule has 4 N–H and O–H groups in total. The zero-order valence-corrected chi connectivity index (χ0v) is 8.90. The van der Waals surface area contributed by atoms with Gasteiger partial charge in [-0.2, -0.15) is 0 Å². The summed E-state index contributed by atoms with van der Waals surface area (Å²) in [6.45, 7) is 0.0998. The summed E-state index contributed by atoms with van der Waals surface area (Å²) in [6, 6.07) is 8.16. The van der Waals surface area contributed by atoms with Gasteiger partial charge in [-0.25, -0.2) is 4.79 Å². The third kappa shape index (κ3) is 2.97. The standard InChI is InChI=1S/C11H11N3O3/c12-7-2-1-3-9(4-7)17-6-8-5-10(15)14-11(16)13-8/h1-5H,6,12H2,(H2,13,14,15,16). The summed E-state index contributed by atoms with van der Waals surface area (Å²) in [6.07, 6.45) is 0. The molecular formula is C11H11N3O3. The van der Waals surface area contributed by atoms with Crippen LogP contribution in [0.5, 0.6) is 5.75 Å². The Morgan fingerprint density at radius 1 is 1.18 bits per heavy atom. The fourth-order valence-electron chi connectivity index (χ4n) is 1.36. The summed E-state index contributed by atoms with van der Waals surface area (Å²) >= 11 is 0. The van der Waals surface area contributed by atoms with Gasteiger partial charge < -0.3 is 15.5 Å². The van der Waals surface area contributed by atoms with E-state index in [1.165, 1.54) is 6.07 Å². The molecule has 0 saturated carbocycles. The molecule has 0 unspecified atom stereocenters. The summed E-state index contributed by atoms with van der Waals surface area (Å²) in [7, 11) is 0. The quantitative estimate of drug-likeness (QED) is 0.660. The van der Waals surface area contributed by atoms with E-state index in [4.69, 9.17) is 10.5 Å². The van der Waals surface area contributed by atoms with E-state index in [0.29, 0.717) is 17.1 Å². The minimum atomic E-state index is -0.552. The molecule has 0 aliphatic heterocycles. The Morgan fingerprint density at radius 2 is 2.00 bits per heavy atom. The highest BCUT2D eigenvalue weighted by Gasteiger charge is 1.99. The van der Waals surface area contributed by atoms with Crippen molar-refractivity contribution in [2.45, 2.75) is 6.61 Å². The van der Waals surface area contributed by atoms with Crippen LogP contribution < -0.4 is 21.7 Å². The zero-order valence-electron chi connectivity index (χ0n) is 8.90. The Bertz CT molecular complexity index is 602. The van der Waals surface area contributed by atoms with Gasteiger partial charge in [-0.3, -0.25) is 9.78 Å². The molecule has 1 aromatic carbocycles. The van der Waals surface area contributed by atoms with Gasteiger partial charge >= 0.3 is 5.69 Å². The van der Waals surface area contributed by atoms with E-state index in [1.807, 2.05) is 0 Å². The highest BCUT2D eigenvalue weighted by molar-refractivity contribution is 5.43. The van der Waals surface area contributed by atoms with Crippen molar-refractivity contribution in [1.82, 2.24) is 9.97 Å². The van der Waals surface area contributed by atoms with Crippen LogP contribution in [-0.4, -0.2) is 9.97 Å². The SMILES string of the molecule is Nc1cccc(OCc2cc(=O)[nH]c(=O)[nH]2)c1. The number of nitrogen functional groups attached to an aromatic ring is 1. The molecule has 2 aromatic rings. The van der Waals surface area contributed by atoms with Gasteiger partial charge in [0.25, 0.3) is 5.56 Å². The minimum absolute atomic E-state index is 0.0998. The van der Waals surface area contributed by atoms with E-state index in [2.05, 4.69) is 9.97 Å². The van der Waals surface area contributed by atoms with Gasteiger partial charge in [-0.1, -0.05) is 6.07 Å². The van der Waals surface area contributed by atoms with E-state index in [-0.39, 0.29) is 6.61 Å². The van der Waals surface area contributed by atoms with Crippen LogP contribution in [0.2, 0.25) is 0 Å². The monoisotopic (exact) mass is 233 g/mol. The van der Waals surface area contributed by atoms with Crippen LogP contribution >= 0.6 is 0 Å². The Hall–Kier alpha value is -2.50. The lowest BCUT2D eigenvalue weighted by atomic mass is 10.3. The minimum Gasteiger partial charge on any atom is -0.487 e. The van der Waals surface area contributed by atoms with Crippen LogP contribution in [0.4, 0.5) is 5.69 Å². The number of hydrogen-bond donors (Lipinski definition) is 3. The predicted molar refractivity (Wildman–Crippen MR) is 62.9 cm³/mol. The van der Waals surface area contributed by atoms with Gasteiger partial charge in [0.2, 0.25) is 0 Å². The van der Waals surface area contributed by atoms with Gasteiger partial charge in [0, 0.05) is 17.8 Å². The number of nitrogens with two attached hydrogens (primary N) is 1. The second kappa shape index (κ2) is 4.56. The van der Waals surface area contributed by atoms with E-state index in [9.17, 15) is 9.59 Å². The zero-order chi connectivity index (χ0) is 12.3. The number of benzene rings is 1. The number of aromatic nitrogens is 2. The van der Waals surface area contributed by atoms with Crippen molar-refractivity contribution in [2.24, 2.45) is 0 Å². The lowest BCUT2D eigenvalue weighted by Crippen LogP contribution is -2.23. The largest absolute Gasteiger partial charge is 0.487 e. The number of ether oxygens (including phenoxy) is 1. The maximum atomic E-state index is 11.0. The number of rotatable bonds is 3. The topological polar surface area (TPSA) is 101 Å². The van der Waals surface area contributed by atoms with Gasteiger partial charge in [-0.15, -0.1) is 0 Å². The normalized spacial score (nSPS) is 10.1. The van der Waals surface area contributed by atoms with Crippen molar-refractivity contribution in [3.8, 4) is 5.75 Å². The van der Waals surface area contributed by atoms with E-state index >= 15 is 0 Å². The number of aromatic amines is 2. The predicted octanol–water partition coefficient (Wildman–Crippen LogP) is 0.224. The van der Waals surface area contributed by atoms with Gasteiger partial charge in [0.1, 0.15) is 12.4 Å². The van der Waals surface area contributed by atoms with Crippen molar-refractivity contribution in [2.75, 3.05) is 5.73 Å². The molecule has 17 heavy (non-hydrogen) atoms.